The van der Waals surface area contributed by atoms with Crippen LogP contribution in [-0.4, -0.2) is 20.8 Å². The maximum atomic E-state index is 11.5. The van der Waals surface area contributed by atoms with Crippen LogP contribution >= 0.6 is 10.7 Å². The molecular weight excluding hydrogens is 308 g/mol. The molecule has 21 heavy (non-hydrogen) atoms. The molecule has 0 saturated heterocycles. The molecule has 0 spiro atoms. The molecular formula is C16H23ClO3S. The summed E-state index contributed by atoms with van der Waals surface area (Å²) in [6, 6.07) is 7.98. The maximum absolute atomic E-state index is 11.5. The lowest BCUT2D eigenvalue weighted by molar-refractivity contribution is 0.119. The van der Waals surface area contributed by atoms with E-state index in [1.54, 1.807) is 0 Å². The van der Waals surface area contributed by atoms with E-state index in [0.717, 1.165) is 44.3 Å². The molecule has 0 atom stereocenters. The Morgan fingerprint density at radius 3 is 2.29 bits per heavy atom. The summed E-state index contributed by atoms with van der Waals surface area (Å²) in [5.74, 6) is 0.804. The number of hydrogen-bond donors (Lipinski definition) is 0. The van der Waals surface area contributed by atoms with Crippen LogP contribution in [0.1, 0.15) is 44.6 Å². The molecule has 0 aromatic heterocycles. The van der Waals surface area contributed by atoms with Crippen LogP contribution in [0.15, 0.2) is 24.3 Å². The number of ether oxygens (including phenoxy) is 1. The molecule has 0 unspecified atom stereocenters. The molecule has 0 bridgehead atoms. The van der Waals surface area contributed by atoms with Gasteiger partial charge < -0.3 is 4.74 Å². The molecule has 2 rings (SSSR count). The van der Waals surface area contributed by atoms with Gasteiger partial charge in [-0.15, -0.1) is 0 Å². The number of aryl methyl sites for hydroxylation is 1. The van der Waals surface area contributed by atoms with Gasteiger partial charge in [0.05, 0.1) is 12.4 Å². The summed E-state index contributed by atoms with van der Waals surface area (Å²) < 4.78 is 28.9. The number of halogens is 1. The Morgan fingerprint density at radius 2 is 1.76 bits per heavy atom. The van der Waals surface area contributed by atoms with Crippen molar-refractivity contribution in [3.8, 4) is 5.75 Å². The second kappa shape index (κ2) is 7.01. The zero-order chi connectivity index (χ0) is 15.3. The van der Waals surface area contributed by atoms with Gasteiger partial charge in [-0.2, -0.15) is 0 Å². The Morgan fingerprint density at radius 1 is 1.14 bits per heavy atom. The highest BCUT2D eigenvalue weighted by Gasteiger charge is 2.37. The lowest BCUT2D eigenvalue weighted by Crippen LogP contribution is -2.36. The molecule has 1 aromatic carbocycles. The normalized spacial score (nSPS) is 18.4. The Labute approximate surface area is 132 Å². The van der Waals surface area contributed by atoms with Gasteiger partial charge >= 0.3 is 0 Å². The topological polar surface area (TPSA) is 43.4 Å². The van der Waals surface area contributed by atoms with Crippen LogP contribution in [0.25, 0.3) is 0 Å². The quantitative estimate of drug-likeness (QED) is 0.736. The third-order valence-electron chi connectivity index (χ3n) is 4.27. The largest absolute Gasteiger partial charge is 0.493 e. The zero-order valence-corrected chi connectivity index (χ0v) is 14.0. The van der Waals surface area contributed by atoms with Crippen LogP contribution in [0.2, 0.25) is 0 Å². The first-order valence-corrected chi connectivity index (χ1v) is 10.0. The van der Waals surface area contributed by atoms with Gasteiger partial charge in [-0.1, -0.05) is 38.3 Å². The van der Waals surface area contributed by atoms with Crippen molar-refractivity contribution in [3.05, 3.63) is 29.8 Å². The standard InChI is InChI=1S/C16H23ClO3S/c1-2-14-6-8-15(9-7-14)20-12-16(13-21(17,18)19)10-4-3-5-11-16/h6-9H,2-5,10-13H2,1H3. The Balaban J connectivity index is 2.04. The summed E-state index contributed by atoms with van der Waals surface area (Å²) in [5, 5.41) is 0. The highest BCUT2D eigenvalue weighted by atomic mass is 35.7. The van der Waals surface area contributed by atoms with Crippen molar-refractivity contribution < 1.29 is 13.2 Å². The van der Waals surface area contributed by atoms with Crippen molar-refractivity contribution in [2.45, 2.75) is 45.4 Å². The summed E-state index contributed by atoms with van der Waals surface area (Å²) >= 11 is 0. The Bertz CT molecular complexity index is 545. The molecule has 1 aliphatic carbocycles. The van der Waals surface area contributed by atoms with E-state index in [-0.39, 0.29) is 11.2 Å². The summed E-state index contributed by atoms with van der Waals surface area (Å²) in [7, 11) is 1.99. The van der Waals surface area contributed by atoms with E-state index in [0.29, 0.717) is 6.61 Å². The van der Waals surface area contributed by atoms with Crippen molar-refractivity contribution in [2.24, 2.45) is 5.41 Å². The predicted molar refractivity (Wildman–Crippen MR) is 86.5 cm³/mol. The first kappa shape index (κ1) is 16.6. The van der Waals surface area contributed by atoms with Crippen molar-refractivity contribution in [2.75, 3.05) is 12.4 Å². The minimum atomic E-state index is -3.51. The van der Waals surface area contributed by atoms with Crippen molar-refractivity contribution in [1.29, 1.82) is 0 Å². The monoisotopic (exact) mass is 330 g/mol. The number of hydrogen-bond acceptors (Lipinski definition) is 3. The second-order valence-corrected chi connectivity index (χ2v) is 8.81. The first-order valence-electron chi connectivity index (χ1n) is 7.57. The predicted octanol–water partition coefficient (Wildman–Crippen LogP) is 4.15. The van der Waals surface area contributed by atoms with Gasteiger partial charge in [-0.05, 0) is 37.0 Å². The molecule has 0 heterocycles. The molecule has 0 aliphatic heterocycles. The lowest BCUT2D eigenvalue weighted by Gasteiger charge is -2.35. The molecule has 3 nitrogen and oxygen atoms in total. The molecule has 118 valence electrons. The van der Waals surface area contributed by atoms with Crippen LogP contribution < -0.4 is 4.74 Å². The van der Waals surface area contributed by atoms with Crippen LogP contribution in [0, 0.1) is 5.41 Å². The number of rotatable bonds is 6. The van der Waals surface area contributed by atoms with Gasteiger partial charge in [0.1, 0.15) is 5.75 Å². The van der Waals surface area contributed by atoms with Gasteiger partial charge in [-0.3, -0.25) is 0 Å². The molecule has 1 fully saturated rings. The maximum Gasteiger partial charge on any atom is 0.233 e. The summed E-state index contributed by atoms with van der Waals surface area (Å²) in [6.07, 6.45) is 5.98. The fourth-order valence-electron chi connectivity index (χ4n) is 3.06. The van der Waals surface area contributed by atoms with E-state index in [1.807, 2.05) is 24.3 Å². The van der Waals surface area contributed by atoms with Crippen LogP contribution in [0.5, 0.6) is 5.75 Å². The van der Waals surface area contributed by atoms with Crippen molar-refractivity contribution in [3.63, 3.8) is 0 Å². The second-order valence-electron chi connectivity index (χ2n) is 6.03. The molecule has 1 aliphatic rings. The average molecular weight is 331 g/mol. The van der Waals surface area contributed by atoms with E-state index in [2.05, 4.69) is 6.92 Å². The smallest absolute Gasteiger partial charge is 0.233 e. The van der Waals surface area contributed by atoms with Crippen LogP contribution in [0.4, 0.5) is 0 Å². The van der Waals surface area contributed by atoms with Crippen LogP contribution in [0.3, 0.4) is 0 Å². The van der Waals surface area contributed by atoms with Gasteiger partial charge in [0, 0.05) is 16.1 Å². The van der Waals surface area contributed by atoms with Gasteiger partial charge in [0.25, 0.3) is 0 Å². The Kier molecular flexibility index (Phi) is 5.55. The molecule has 1 saturated carbocycles. The minimum absolute atomic E-state index is 0.00853. The van der Waals surface area contributed by atoms with Gasteiger partial charge in [-0.25, -0.2) is 8.42 Å². The molecule has 0 N–H and O–H groups in total. The van der Waals surface area contributed by atoms with Crippen LogP contribution in [-0.2, 0) is 15.5 Å². The van der Waals surface area contributed by atoms with Gasteiger partial charge in [0.15, 0.2) is 0 Å². The van der Waals surface area contributed by atoms with Gasteiger partial charge in [0.2, 0.25) is 9.05 Å². The zero-order valence-electron chi connectivity index (χ0n) is 12.5. The highest BCUT2D eigenvalue weighted by molar-refractivity contribution is 8.13. The summed E-state index contributed by atoms with van der Waals surface area (Å²) in [4.78, 5) is 0. The molecule has 1 aromatic rings. The highest BCUT2D eigenvalue weighted by Crippen LogP contribution is 2.38. The van der Waals surface area contributed by atoms with Crippen molar-refractivity contribution >= 4 is 19.7 Å². The third-order valence-corrected chi connectivity index (χ3v) is 5.55. The van der Waals surface area contributed by atoms with E-state index in [4.69, 9.17) is 15.4 Å². The summed E-state index contributed by atoms with van der Waals surface area (Å²) in [5.41, 5.74) is 0.931. The van der Waals surface area contributed by atoms with E-state index in [1.165, 1.54) is 5.56 Å². The van der Waals surface area contributed by atoms with E-state index >= 15 is 0 Å². The average Bonchev–Trinajstić information content (AvgIpc) is 2.45. The lowest BCUT2D eigenvalue weighted by atomic mass is 9.76. The summed E-state index contributed by atoms with van der Waals surface area (Å²) in [6.45, 7) is 2.53. The SMILES string of the molecule is CCc1ccc(OCC2(CS(=O)(=O)Cl)CCCCC2)cc1. The van der Waals surface area contributed by atoms with Crippen molar-refractivity contribution in [1.82, 2.24) is 0 Å². The Hall–Kier alpha value is -0.740. The molecule has 5 heteroatoms. The number of benzene rings is 1. The third kappa shape index (κ3) is 5.19. The first-order chi connectivity index (χ1) is 9.92. The fourth-order valence-corrected chi connectivity index (χ4v) is 4.85. The van der Waals surface area contributed by atoms with E-state index in [9.17, 15) is 8.42 Å². The molecule has 0 amide bonds. The molecule has 0 radical (unpaired) electrons. The van der Waals surface area contributed by atoms with E-state index < -0.39 is 9.05 Å². The fraction of sp³-hybridized carbons (Fsp3) is 0.625. The minimum Gasteiger partial charge on any atom is -0.493 e.